The average molecular weight is 349 g/mol. The van der Waals surface area contributed by atoms with Crippen molar-refractivity contribution in [1.29, 1.82) is 0 Å². The Balaban J connectivity index is 2.66. The van der Waals surface area contributed by atoms with E-state index in [1.165, 1.54) is 31.0 Å². The van der Waals surface area contributed by atoms with E-state index < -0.39 is 8.32 Å². The largest absolute Gasteiger partial charge is 0.412 e. The normalized spacial score (nSPS) is 26.5. The number of halogens is 1. The molecule has 1 aliphatic rings. The van der Waals surface area contributed by atoms with Gasteiger partial charge < -0.3 is 4.43 Å². The highest BCUT2D eigenvalue weighted by molar-refractivity contribution is 9.09. The predicted molar refractivity (Wildman–Crippen MR) is 91.6 cm³/mol. The molecule has 1 saturated carbocycles. The van der Waals surface area contributed by atoms with E-state index in [-0.39, 0.29) is 5.60 Å². The summed E-state index contributed by atoms with van der Waals surface area (Å²) in [6, 6.07) is 0. The van der Waals surface area contributed by atoms with E-state index in [4.69, 9.17) is 4.43 Å². The summed E-state index contributed by atoms with van der Waals surface area (Å²) in [5.41, 5.74) is 0.0419. The molecule has 0 saturated heterocycles. The molecule has 19 heavy (non-hydrogen) atoms. The molecule has 1 nitrogen and oxygen atoms in total. The molecule has 3 heteroatoms. The molecule has 1 aliphatic carbocycles. The molecule has 114 valence electrons. The Kier molecular flexibility index (Phi) is 5.77. The monoisotopic (exact) mass is 348 g/mol. The van der Waals surface area contributed by atoms with Crippen LogP contribution in [0.5, 0.6) is 0 Å². The van der Waals surface area contributed by atoms with Gasteiger partial charge in [-0.25, -0.2) is 0 Å². The van der Waals surface area contributed by atoms with Crippen LogP contribution in [0.1, 0.15) is 60.3 Å². The Bertz CT molecular complexity index is 286. The third-order valence-corrected chi connectivity index (χ3v) is 10.9. The van der Waals surface area contributed by atoms with Gasteiger partial charge in [0.25, 0.3) is 0 Å². The van der Waals surface area contributed by atoms with Crippen LogP contribution in [-0.2, 0) is 4.43 Å². The first-order chi connectivity index (χ1) is 8.49. The minimum atomic E-state index is -1.66. The lowest BCUT2D eigenvalue weighted by Gasteiger charge is -2.47. The highest BCUT2D eigenvalue weighted by Gasteiger charge is 2.44. The minimum Gasteiger partial charge on any atom is -0.412 e. The fourth-order valence-corrected chi connectivity index (χ4v) is 5.34. The summed E-state index contributed by atoms with van der Waals surface area (Å²) < 4.78 is 6.73. The lowest BCUT2D eigenvalue weighted by molar-refractivity contribution is 0.00705. The molecule has 0 amide bonds. The SMILES string of the molecule is CC(C)(C)[Si](C)(C)OC(C)(C)[C@H]1CC[C@H](CBr)CC1. The quantitative estimate of drug-likeness (QED) is 0.447. The van der Waals surface area contributed by atoms with E-state index >= 15 is 0 Å². The van der Waals surface area contributed by atoms with Crippen LogP contribution in [-0.4, -0.2) is 19.2 Å². The Morgan fingerprint density at radius 2 is 1.47 bits per heavy atom. The topological polar surface area (TPSA) is 9.23 Å². The first-order valence-electron chi connectivity index (χ1n) is 7.76. The van der Waals surface area contributed by atoms with Gasteiger partial charge in [0.1, 0.15) is 0 Å². The van der Waals surface area contributed by atoms with Crippen molar-refractivity contribution in [1.82, 2.24) is 0 Å². The highest BCUT2D eigenvalue weighted by Crippen LogP contribution is 2.44. The summed E-state index contributed by atoms with van der Waals surface area (Å²) in [6.45, 7) is 16.4. The number of alkyl halides is 1. The van der Waals surface area contributed by atoms with E-state index in [2.05, 4.69) is 63.6 Å². The van der Waals surface area contributed by atoms with E-state index in [1.807, 2.05) is 0 Å². The molecule has 0 aromatic heterocycles. The number of hydrogen-bond donors (Lipinski definition) is 0. The summed E-state index contributed by atoms with van der Waals surface area (Å²) in [4.78, 5) is 0. The molecule has 1 fully saturated rings. The van der Waals surface area contributed by atoms with Gasteiger partial charge in [0.2, 0.25) is 0 Å². The molecule has 0 radical (unpaired) electrons. The second kappa shape index (κ2) is 6.19. The molecule has 0 aromatic rings. The van der Waals surface area contributed by atoms with E-state index in [1.54, 1.807) is 0 Å². The standard InChI is InChI=1S/C16H33BrOSi/c1-15(2,3)19(6,7)18-16(4,5)14-10-8-13(12-17)9-11-14/h13-14H,8-12H2,1-7H3/t13-,14-. The van der Waals surface area contributed by atoms with Crippen molar-refractivity contribution in [2.75, 3.05) is 5.33 Å². The second-order valence-corrected chi connectivity index (χ2v) is 13.7. The zero-order chi connectivity index (χ0) is 14.9. The van der Waals surface area contributed by atoms with Crippen LogP contribution in [0.4, 0.5) is 0 Å². The van der Waals surface area contributed by atoms with Crippen LogP contribution in [0.25, 0.3) is 0 Å². The smallest absolute Gasteiger partial charge is 0.192 e. The van der Waals surface area contributed by atoms with Crippen molar-refractivity contribution in [3.05, 3.63) is 0 Å². The molecule has 1 rings (SSSR count). The Morgan fingerprint density at radius 3 is 1.84 bits per heavy atom. The van der Waals surface area contributed by atoms with Crippen molar-refractivity contribution in [2.45, 2.75) is 84.0 Å². The van der Waals surface area contributed by atoms with Gasteiger partial charge in [-0.1, -0.05) is 36.7 Å². The van der Waals surface area contributed by atoms with Gasteiger partial charge in [-0.15, -0.1) is 0 Å². The molecule has 0 N–H and O–H groups in total. The van der Waals surface area contributed by atoms with Crippen LogP contribution < -0.4 is 0 Å². The van der Waals surface area contributed by atoms with Gasteiger partial charge in [0, 0.05) is 5.33 Å². The molecule has 0 aliphatic heterocycles. The van der Waals surface area contributed by atoms with Crippen molar-refractivity contribution in [3.63, 3.8) is 0 Å². The second-order valence-electron chi connectivity index (χ2n) is 8.34. The van der Waals surface area contributed by atoms with E-state index in [9.17, 15) is 0 Å². The van der Waals surface area contributed by atoms with Crippen LogP contribution in [0.2, 0.25) is 18.1 Å². The third-order valence-electron chi connectivity index (χ3n) is 5.37. The average Bonchev–Trinajstić information content (AvgIpc) is 2.26. The van der Waals surface area contributed by atoms with Crippen LogP contribution in [0.15, 0.2) is 0 Å². The van der Waals surface area contributed by atoms with Crippen molar-refractivity contribution < 1.29 is 4.43 Å². The van der Waals surface area contributed by atoms with Crippen LogP contribution in [0.3, 0.4) is 0 Å². The molecule has 0 bridgehead atoms. The summed E-state index contributed by atoms with van der Waals surface area (Å²) in [5.74, 6) is 1.62. The molecule has 0 heterocycles. The molecule has 0 aromatic carbocycles. The number of rotatable bonds is 4. The zero-order valence-corrected chi connectivity index (χ0v) is 16.6. The van der Waals surface area contributed by atoms with Gasteiger partial charge >= 0.3 is 0 Å². The van der Waals surface area contributed by atoms with Gasteiger partial charge in [-0.3, -0.25) is 0 Å². The molecular formula is C16H33BrOSi. The molecule has 0 spiro atoms. The van der Waals surface area contributed by atoms with Gasteiger partial charge in [-0.2, -0.15) is 0 Å². The Morgan fingerprint density at radius 1 is 1.00 bits per heavy atom. The van der Waals surface area contributed by atoms with Crippen molar-refractivity contribution in [2.24, 2.45) is 11.8 Å². The van der Waals surface area contributed by atoms with Crippen LogP contribution in [0, 0.1) is 11.8 Å². The maximum absolute atomic E-state index is 6.73. The van der Waals surface area contributed by atoms with Crippen molar-refractivity contribution >= 4 is 24.2 Å². The fraction of sp³-hybridized carbons (Fsp3) is 1.00. The summed E-state index contributed by atoms with van der Waals surface area (Å²) in [6.07, 6.45) is 5.39. The minimum absolute atomic E-state index is 0.0419. The van der Waals surface area contributed by atoms with E-state index in [0.717, 1.165) is 11.8 Å². The first-order valence-corrected chi connectivity index (χ1v) is 11.8. The lowest BCUT2D eigenvalue weighted by Crippen LogP contribution is -2.50. The summed E-state index contributed by atoms with van der Waals surface area (Å²) in [5, 5.41) is 1.47. The number of hydrogen-bond acceptors (Lipinski definition) is 1. The lowest BCUT2D eigenvalue weighted by atomic mass is 9.75. The summed E-state index contributed by atoms with van der Waals surface area (Å²) in [7, 11) is -1.66. The summed E-state index contributed by atoms with van der Waals surface area (Å²) >= 11 is 3.63. The first kappa shape index (κ1) is 17.7. The maximum atomic E-state index is 6.73. The maximum Gasteiger partial charge on any atom is 0.192 e. The van der Waals surface area contributed by atoms with Gasteiger partial charge in [0.15, 0.2) is 8.32 Å². The van der Waals surface area contributed by atoms with Crippen LogP contribution >= 0.6 is 15.9 Å². The molecular weight excluding hydrogens is 316 g/mol. The van der Waals surface area contributed by atoms with Crippen molar-refractivity contribution in [3.8, 4) is 0 Å². The van der Waals surface area contributed by atoms with Gasteiger partial charge in [0.05, 0.1) is 5.60 Å². The Hall–Kier alpha value is 0.657. The highest BCUT2D eigenvalue weighted by atomic mass is 79.9. The van der Waals surface area contributed by atoms with E-state index in [0.29, 0.717) is 5.04 Å². The Labute approximate surface area is 130 Å². The molecule has 0 unspecified atom stereocenters. The predicted octanol–water partition coefficient (Wildman–Crippen LogP) is 5.99. The van der Waals surface area contributed by atoms with Gasteiger partial charge in [-0.05, 0) is 69.5 Å². The fourth-order valence-electron chi connectivity index (χ4n) is 2.91. The zero-order valence-electron chi connectivity index (χ0n) is 14.0. The molecule has 0 atom stereocenters. The third kappa shape index (κ3) is 4.57.